The van der Waals surface area contributed by atoms with E-state index in [9.17, 15) is 9.59 Å². The molecule has 0 bridgehead atoms. The van der Waals surface area contributed by atoms with Gasteiger partial charge in [0.1, 0.15) is 12.2 Å². The first-order chi connectivity index (χ1) is 19.0. The molecule has 0 fully saturated rings. The van der Waals surface area contributed by atoms with Crippen molar-refractivity contribution in [3.63, 3.8) is 0 Å². The fraction of sp³-hybridized carbons (Fsp3) is 0.600. The van der Waals surface area contributed by atoms with Crippen molar-refractivity contribution in [1.82, 2.24) is 0 Å². The van der Waals surface area contributed by atoms with E-state index in [2.05, 4.69) is 34.6 Å². The SMILES string of the molecule is CCCCc1ccc(C(=O)OC(CCC)C(CCCC)C(CCC)OC(=O)c2ccc(CCCC)cc2)cc1. The highest BCUT2D eigenvalue weighted by atomic mass is 16.6. The molecular formula is C35H52O4. The largest absolute Gasteiger partial charge is 0.458 e. The maximum atomic E-state index is 13.2. The van der Waals surface area contributed by atoms with Crippen LogP contribution in [0.5, 0.6) is 0 Å². The van der Waals surface area contributed by atoms with Crippen LogP contribution in [0.25, 0.3) is 0 Å². The smallest absolute Gasteiger partial charge is 0.338 e. The van der Waals surface area contributed by atoms with Crippen LogP contribution in [0.15, 0.2) is 48.5 Å². The standard InChI is InChI=1S/C35H52O4/c1-6-11-16-27-19-23-29(24-20-27)34(36)38-32(14-9-4)31(18-13-8-3)33(15-10-5)39-35(37)30-25-21-28(22-26-30)17-12-7-2/h19-26,31-33H,6-18H2,1-5H3. The van der Waals surface area contributed by atoms with Crippen LogP contribution in [-0.2, 0) is 22.3 Å². The lowest BCUT2D eigenvalue weighted by molar-refractivity contribution is -0.0410. The molecule has 0 aliphatic carbocycles. The maximum absolute atomic E-state index is 13.2. The number of esters is 2. The van der Waals surface area contributed by atoms with Crippen molar-refractivity contribution in [2.75, 3.05) is 0 Å². The normalized spacial score (nSPS) is 13.5. The Morgan fingerprint density at radius 3 is 1.26 bits per heavy atom. The minimum absolute atomic E-state index is 0.0367. The van der Waals surface area contributed by atoms with Crippen molar-refractivity contribution < 1.29 is 19.1 Å². The highest BCUT2D eigenvalue weighted by molar-refractivity contribution is 5.90. The fourth-order valence-electron chi connectivity index (χ4n) is 5.13. The lowest BCUT2D eigenvalue weighted by Gasteiger charge is -2.33. The summed E-state index contributed by atoms with van der Waals surface area (Å²) < 4.78 is 12.4. The maximum Gasteiger partial charge on any atom is 0.338 e. The highest BCUT2D eigenvalue weighted by Crippen LogP contribution is 2.30. The number of aryl methyl sites for hydroxylation is 2. The molecule has 2 aromatic carbocycles. The van der Waals surface area contributed by atoms with Gasteiger partial charge < -0.3 is 9.47 Å². The lowest BCUT2D eigenvalue weighted by atomic mass is 9.85. The molecule has 2 aromatic rings. The van der Waals surface area contributed by atoms with Gasteiger partial charge in [-0.05, 0) is 80.3 Å². The Hall–Kier alpha value is -2.62. The molecule has 0 saturated carbocycles. The molecule has 4 heteroatoms. The van der Waals surface area contributed by atoms with Gasteiger partial charge in [-0.25, -0.2) is 9.59 Å². The summed E-state index contributed by atoms with van der Waals surface area (Å²) in [7, 11) is 0. The molecule has 0 saturated heterocycles. The van der Waals surface area contributed by atoms with E-state index in [0.29, 0.717) is 11.1 Å². The van der Waals surface area contributed by atoms with E-state index in [1.807, 2.05) is 48.5 Å². The molecule has 0 aromatic heterocycles. The van der Waals surface area contributed by atoms with E-state index in [1.165, 1.54) is 11.1 Å². The van der Waals surface area contributed by atoms with Gasteiger partial charge in [-0.3, -0.25) is 0 Å². The predicted molar refractivity (Wildman–Crippen MR) is 161 cm³/mol. The Balaban J connectivity index is 2.21. The average Bonchev–Trinajstić information content (AvgIpc) is 2.95. The Morgan fingerprint density at radius 2 is 0.923 bits per heavy atom. The Kier molecular flexibility index (Phi) is 15.6. The van der Waals surface area contributed by atoms with E-state index < -0.39 is 0 Å². The number of hydrogen-bond donors (Lipinski definition) is 0. The second-order valence-electron chi connectivity index (χ2n) is 10.9. The zero-order valence-electron chi connectivity index (χ0n) is 25.2. The van der Waals surface area contributed by atoms with Crippen LogP contribution in [-0.4, -0.2) is 24.1 Å². The van der Waals surface area contributed by atoms with Crippen molar-refractivity contribution in [2.45, 2.75) is 130 Å². The van der Waals surface area contributed by atoms with Crippen molar-refractivity contribution >= 4 is 11.9 Å². The minimum Gasteiger partial charge on any atom is -0.458 e. The van der Waals surface area contributed by atoms with Crippen LogP contribution < -0.4 is 0 Å². The van der Waals surface area contributed by atoms with Crippen LogP contribution in [0.2, 0.25) is 0 Å². The summed E-state index contributed by atoms with van der Waals surface area (Å²) in [4.78, 5) is 26.5. The van der Waals surface area contributed by atoms with Crippen molar-refractivity contribution in [1.29, 1.82) is 0 Å². The first kappa shape index (κ1) is 32.6. The number of carbonyl (C=O) groups is 2. The number of rotatable bonds is 19. The van der Waals surface area contributed by atoms with Gasteiger partial charge in [0, 0.05) is 5.92 Å². The van der Waals surface area contributed by atoms with Gasteiger partial charge >= 0.3 is 11.9 Å². The quantitative estimate of drug-likeness (QED) is 0.168. The van der Waals surface area contributed by atoms with E-state index in [-0.39, 0.29) is 30.1 Å². The van der Waals surface area contributed by atoms with Gasteiger partial charge in [0.25, 0.3) is 0 Å². The molecule has 0 amide bonds. The molecular weight excluding hydrogens is 484 g/mol. The molecule has 0 heterocycles. The summed E-state index contributed by atoms with van der Waals surface area (Å²) in [6.45, 7) is 10.8. The molecule has 2 unspecified atom stereocenters. The average molecular weight is 537 g/mol. The minimum atomic E-state index is -0.297. The van der Waals surface area contributed by atoms with Crippen molar-refractivity contribution in [3.8, 4) is 0 Å². The number of hydrogen-bond acceptors (Lipinski definition) is 4. The second-order valence-corrected chi connectivity index (χ2v) is 10.9. The van der Waals surface area contributed by atoms with Gasteiger partial charge in [-0.1, -0.05) is 97.4 Å². The van der Waals surface area contributed by atoms with Gasteiger partial charge in [-0.15, -0.1) is 0 Å². The zero-order valence-corrected chi connectivity index (χ0v) is 25.2. The third-order valence-electron chi connectivity index (χ3n) is 7.53. The van der Waals surface area contributed by atoms with Crippen LogP contribution in [0, 0.1) is 5.92 Å². The Morgan fingerprint density at radius 1 is 0.538 bits per heavy atom. The first-order valence-corrected chi connectivity index (χ1v) is 15.6. The first-order valence-electron chi connectivity index (χ1n) is 15.6. The van der Waals surface area contributed by atoms with Crippen LogP contribution in [0.1, 0.15) is 137 Å². The summed E-state index contributed by atoms with van der Waals surface area (Å²) in [6, 6.07) is 15.7. The second kappa shape index (κ2) is 18.6. The molecule has 2 atom stereocenters. The van der Waals surface area contributed by atoms with Gasteiger partial charge in [0.2, 0.25) is 0 Å². The monoisotopic (exact) mass is 536 g/mol. The summed E-state index contributed by atoms with van der Waals surface area (Å²) in [5.74, 6) is -0.618. The fourth-order valence-corrected chi connectivity index (χ4v) is 5.13. The topological polar surface area (TPSA) is 52.6 Å². The van der Waals surface area contributed by atoms with Gasteiger partial charge in [-0.2, -0.15) is 0 Å². The molecule has 0 aliphatic heterocycles. The van der Waals surface area contributed by atoms with Crippen molar-refractivity contribution in [2.24, 2.45) is 5.92 Å². The molecule has 0 radical (unpaired) electrons. The molecule has 0 aliphatic rings. The Bertz CT molecular complexity index is 872. The van der Waals surface area contributed by atoms with Gasteiger partial charge in [0.05, 0.1) is 11.1 Å². The zero-order chi connectivity index (χ0) is 28.5. The number of unbranched alkanes of at least 4 members (excludes halogenated alkanes) is 3. The highest BCUT2D eigenvalue weighted by Gasteiger charge is 2.34. The molecule has 0 N–H and O–H groups in total. The van der Waals surface area contributed by atoms with Gasteiger partial charge in [0.15, 0.2) is 0 Å². The van der Waals surface area contributed by atoms with Crippen LogP contribution in [0.3, 0.4) is 0 Å². The number of carbonyl (C=O) groups excluding carboxylic acids is 2. The summed E-state index contributed by atoms with van der Waals surface area (Å²) in [6.07, 6.45) is 12.2. The molecule has 0 spiro atoms. The van der Waals surface area contributed by atoms with E-state index >= 15 is 0 Å². The van der Waals surface area contributed by atoms with E-state index in [0.717, 1.165) is 83.5 Å². The van der Waals surface area contributed by atoms with E-state index in [1.54, 1.807) is 0 Å². The number of benzene rings is 2. The molecule has 4 nitrogen and oxygen atoms in total. The summed E-state index contributed by atoms with van der Waals surface area (Å²) >= 11 is 0. The summed E-state index contributed by atoms with van der Waals surface area (Å²) in [5, 5.41) is 0. The molecule has 2 rings (SSSR count). The Labute approximate surface area is 237 Å². The van der Waals surface area contributed by atoms with E-state index in [4.69, 9.17) is 9.47 Å². The van der Waals surface area contributed by atoms with Crippen LogP contribution >= 0.6 is 0 Å². The third kappa shape index (κ3) is 11.2. The lowest BCUT2D eigenvalue weighted by Crippen LogP contribution is -2.38. The van der Waals surface area contributed by atoms with Crippen LogP contribution in [0.4, 0.5) is 0 Å². The molecule has 39 heavy (non-hydrogen) atoms. The summed E-state index contributed by atoms with van der Waals surface area (Å²) in [5.41, 5.74) is 3.65. The predicted octanol–water partition coefficient (Wildman–Crippen LogP) is 9.53. The molecule has 216 valence electrons. The third-order valence-corrected chi connectivity index (χ3v) is 7.53. The number of ether oxygens (including phenoxy) is 2. The van der Waals surface area contributed by atoms with Crippen molar-refractivity contribution in [3.05, 3.63) is 70.8 Å².